The van der Waals surface area contributed by atoms with Crippen LogP contribution in [0.3, 0.4) is 0 Å². The molecule has 1 aliphatic rings. The van der Waals surface area contributed by atoms with Gasteiger partial charge in [0.25, 0.3) is 0 Å². The lowest BCUT2D eigenvalue weighted by atomic mass is 10.1. The summed E-state index contributed by atoms with van der Waals surface area (Å²) in [4.78, 5) is 35.1. The minimum absolute atomic E-state index is 0.0897. The van der Waals surface area contributed by atoms with Gasteiger partial charge in [-0.2, -0.15) is 0 Å². The number of aryl methyl sites for hydroxylation is 1. The van der Waals surface area contributed by atoms with Crippen molar-refractivity contribution >= 4 is 29.2 Å². The number of carbonyl (C=O) groups excluding carboxylic acids is 2. The molecule has 1 aromatic carbocycles. The van der Waals surface area contributed by atoms with Gasteiger partial charge in [0.2, 0.25) is 0 Å². The van der Waals surface area contributed by atoms with Crippen LogP contribution < -0.4 is 15.1 Å². The maximum absolute atomic E-state index is 12.8. The molecule has 2 amide bonds. The van der Waals surface area contributed by atoms with E-state index in [-0.39, 0.29) is 12.0 Å². The Kier molecular flexibility index (Phi) is 7.33. The Morgan fingerprint density at radius 3 is 2.58 bits per heavy atom. The van der Waals surface area contributed by atoms with E-state index < -0.39 is 0 Å². The number of urea groups is 1. The zero-order chi connectivity index (χ0) is 22.4. The summed E-state index contributed by atoms with van der Waals surface area (Å²) >= 11 is 0. The van der Waals surface area contributed by atoms with E-state index in [0.29, 0.717) is 31.8 Å². The lowest BCUT2D eigenvalue weighted by Gasteiger charge is -2.23. The minimum Gasteiger partial charge on any atom is -0.462 e. The average molecular weight is 426 g/mol. The van der Waals surface area contributed by atoms with Crippen LogP contribution in [0.5, 0.6) is 0 Å². The van der Waals surface area contributed by atoms with Gasteiger partial charge in [0.1, 0.15) is 5.82 Å². The predicted octanol–water partition coefficient (Wildman–Crippen LogP) is 3.38. The van der Waals surface area contributed by atoms with E-state index in [1.54, 1.807) is 19.2 Å². The number of anilines is 3. The minimum atomic E-state index is -0.367. The van der Waals surface area contributed by atoms with Gasteiger partial charge in [-0.1, -0.05) is 0 Å². The highest BCUT2D eigenvalue weighted by Crippen LogP contribution is 2.22. The van der Waals surface area contributed by atoms with Crippen molar-refractivity contribution < 1.29 is 14.3 Å². The van der Waals surface area contributed by atoms with Crippen LogP contribution in [-0.2, 0) is 4.74 Å². The van der Waals surface area contributed by atoms with Gasteiger partial charge in [-0.05, 0) is 56.2 Å². The maximum Gasteiger partial charge on any atom is 0.339 e. The lowest BCUT2D eigenvalue weighted by molar-refractivity contribution is 0.0526. The van der Waals surface area contributed by atoms with Crippen LogP contribution in [0.4, 0.5) is 22.0 Å². The molecule has 166 valence electrons. The molecule has 0 saturated carbocycles. The van der Waals surface area contributed by atoms with E-state index in [1.165, 1.54) is 0 Å². The van der Waals surface area contributed by atoms with Crippen molar-refractivity contribution in [3.05, 3.63) is 47.7 Å². The molecule has 2 aromatic rings. The number of nitrogens with one attached hydrogen (secondary N) is 1. The fourth-order valence-electron chi connectivity index (χ4n) is 3.52. The molecule has 0 radical (unpaired) electrons. The first-order chi connectivity index (χ1) is 14.9. The summed E-state index contributed by atoms with van der Waals surface area (Å²) in [5.74, 6) is 0.430. The quantitative estimate of drug-likeness (QED) is 0.740. The first kappa shape index (κ1) is 22.4. The van der Waals surface area contributed by atoms with Crippen LogP contribution in [0.15, 0.2) is 36.5 Å². The van der Waals surface area contributed by atoms with Gasteiger partial charge >= 0.3 is 12.0 Å². The van der Waals surface area contributed by atoms with Crippen LogP contribution in [0, 0.1) is 6.92 Å². The second-order valence-corrected chi connectivity index (χ2v) is 7.78. The summed E-state index contributed by atoms with van der Waals surface area (Å²) in [6.07, 6.45) is 2.39. The van der Waals surface area contributed by atoms with E-state index in [0.717, 1.165) is 35.7 Å². The third-order valence-corrected chi connectivity index (χ3v) is 5.33. The molecule has 1 saturated heterocycles. The number of carbonyl (C=O) groups is 2. The van der Waals surface area contributed by atoms with Crippen molar-refractivity contribution in [3.63, 3.8) is 0 Å². The molecule has 0 atom stereocenters. The third-order valence-electron chi connectivity index (χ3n) is 5.33. The number of esters is 1. The molecule has 31 heavy (non-hydrogen) atoms. The highest BCUT2D eigenvalue weighted by Gasteiger charge is 2.21. The smallest absolute Gasteiger partial charge is 0.339 e. The van der Waals surface area contributed by atoms with Crippen molar-refractivity contribution in [2.45, 2.75) is 20.3 Å². The average Bonchev–Trinajstić information content (AvgIpc) is 3.01. The summed E-state index contributed by atoms with van der Waals surface area (Å²) in [5, 5.41) is 3.04. The van der Waals surface area contributed by atoms with Crippen molar-refractivity contribution in [2.24, 2.45) is 0 Å². The first-order valence-corrected chi connectivity index (χ1v) is 10.6. The number of amides is 2. The topological polar surface area (TPSA) is 78.0 Å². The second kappa shape index (κ2) is 10.1. The highest BCUT2D eigenvalue weighted by molar-refractivity contribution is 5.90. The van der Waals surface area contributed by atoms with Crippen LogP contribution in [0.25, 0.3) is 0 Å². The molecule has 1 aliphatic heterocycles. The summed E-state index contributed by atoms with van der Waals surface area (Å²) in [7, 11) is 3.99. The van der Waals surface area contributed by atoms with Crippen LogP contribution in [0.1, 0.15) is 29.3 Å². The van der Waals surface area contributed by atoms with Crippen molar-refractivity contribution in [1.29, 1.82) is 0 Å². The van der Waals surface area contributed by atoms with E-state index in [9.17, 15) is 9.59 Å². The zero-order valence-electron chi connectivity index (χ0n) is 18.7. The highest BCUT2D eigenvalue weighted by atomic mass is 16.5. The molecule has 1 N–H and O–H groups in total. The fourth-order valence-corrected chi connectivity index (χ4v) is 3.52. The SMILES string of the molecule is CCOC(=O)c1ccc(N2CCCN(C(=O)Nc3ccc(N(C)C)cc3C)CC2)nc1. The Morgan fingerprint density at radius 2 is 1.94 bits per heavy atom. The number of nitrogens with zero attached hydrogens (tertiary/aromatic N) is 4. The number of pyridine rings is 1. The molecule has 1 aromatic heterocycles. The number of aromatic nitrogens is 1. The molecule has 8 heteroatoms. The number of hydrogen-bond donors (Lipinski definition) is 1. The van der Waals surface area contributed by atoms with Crippen molar-refractivity contribution in [3.8, 4) is 0 Å². The standard InChI is InChI=1S/C23H31N5O3/c1-5-31-22(29)18-7-10-21(24-16-18)27-11-6-12-28(14-13-27)23(30)25-20-9-8-19(26(3)4)15-17(20)2/h7-10,15-16H,5-6,11-14H2,1-4H3,(H,25,30). The largest absolute Gasteiger partial charge is 0.462 e. The lowest BCUT2D eigenvalue weighted by Crippen LogP contribution is -2.38. The van der Waals surface area contributed by atoms with Gasteiger partial charge in [-0.25, -0.2) is 14.6 Å². The molecule has 8 nitrogen and oxygen atoms in total. The summed E-state index contributed by atoms with van der Waals surface area (Å²) < 4.78 is 5.00. The predicted molar refractivity (Wildman–Crippen MR) is 123 cm³/mol. The number of rotatable bonds is 5. The van der Waals surface area contributed by atoms with E-state index >= 15 is 0 Å². The number of hydrogen-bond acceptors (Lipinski definition) is 6. The fraction of sp³-hybridized carbons (Fsp3) is 0.435. The Hall–Kier alpha value is -3.29. The molecule has 1 fully saturated rings. The van der Waals surface area contributed by atoms with E-state index in [4.69, 9.17) is 4.74 Å². The van der Waals surface area contributed by atoms with Gasteiger partial charge in [-0.3, -0.25) is 0 Å². The van der Waals surface area contributed by atoms with Gasteiger partial charge in [0.15, 0.2) is 0 Å². The Labute approximate surface area is 183 Å². The summed E-state index contributed by atoms with van der Waals surface area (Å²) in [6.45, 7) is 6.87. The molecular formula is C23H31N5O3. The molecule has 0 spiro atoms. The normalized spacial score (nSPS) is 14.1. The van der Waals surface area contributed by atoms with Gasteiger partial charge in [-0.15, -0.1) is 0 Å². The van der Waals surface area contributed by atoms with Crippen LogP contribution in [-0.4, -0.2) is 68.8 Å². The third kappa shape index (κ3) is 5.65. The molecule has 0 unspecified atom stereocenters. The van der Waals surface area contributed by atoms with Gasteiger partial charge < -0.3 is 24.8 Å². The first-order valence-electron chi connectivity index (χ1n) is 10.6. The van der Waals surface area contributed by atoms with E-state index in [1.807, 2.05) is 49.0 Å². The molecule has 3 rings (SSSR count). The van der Waals surface area contributed by atoms with Crippen molar-refractivity contribution in [1.82, 2.24) is 9.88 Å². The second-order valence-electron chi connectivity index (χ2n) is 7.78. The Bertz CT molecular complexity index is 914. The molecule has 0 aliphatic carbocycles. The van der Waals surface area contributed by atoms with Gasteiger partial charge in [0, 0.05) is 57.8 Å². The Balaban J connectivity index is 1.59. The van der Waals surface area contributed by atoms with Crippen molar-refractivity contribution in [2.75, 3.05) is 62.0 Å². The van der Waals surface area contributed by atoms with E-state index in [2.05, 4.69) is 21.3 Å². The monoisotopic (exact) mass is 425 g/mol. The molecular weight excluding hydrogens is 394 g/mol. The van der Waals surface area contributed by atoms with Crippen LogP contribution >= 0.6 is 0 Å². The number of ether oxygens (including phenoxy) is 1. The Morgan fingerprint density at radius 1 is 1.13 bits per heavy atom. The van der Waals surface area contributed by atoms with Crippen LogP contribution in [0.2, 0.25) is 0 Å². The molecule has 2 heterocycles. The van der Waals surface area contributed by atoms with Gasteiger partial charge in [0.05, 0.1) is 12.2 Å². The summed E-state index contributed by atoms with van der Waals surface area (Å²) in [6, 6.07) is 9.48. The zero-order valence-corrected chi connectivity index (χ0v) is 18.7. The number of benzene rings is 1. The molecule has 0 bridgehead atoms. The summed E-state index contributed by atoms with van der Waals surface area (Å²) in [5.41, 5.74) is 3.40. The maximum atomic E-state index is 12.8.